The summed E-state index contributed by atoms with van der Waals surface area (Å²) in [7, 11) is -4.08. The number of nitrogen functional groups attached to an aromatic ring is 1. The van der Waals surface area contributed by atoms with E-state index in [-0.39, 0.29) is 18.0 Å². The molecule has 13 nitrogen and oxygen atoms in total. The van der Waals surface area contributed by atoms with Crippen LogP contribution in [0.2, 0.25) is 0 Å². The first-order chi connectivity index (χ1) is 20.1. The lowest BCUT2D eigenvalue weighted by atomic mass is 10.0. The predicted molar refractivity (Wildman–Crippen MR) is 154 cm³/mol. The van der Waals surface area contributed by atoms with Crippen molar-refractivity contribution in [3.63, 3.8) is 0 Å². The molecule has 2 aliphatic carbocycles. The van der Waals surface area contributed by atoms with Gasteiger partial charge >= 0.3 is 13.7 Å². The Morgan fingerprint density at radius 1 is 1.24 bits per heavy atom. The number of hydrogen-bond acceptors (Lipinski definition) is 11. The van der Waals surface area contributed by atoms with Gasteiger partial charge in [0.1, 0.15) is 23.5 Å². The molecule has 6 rings (SSSR count). The van der Waals surface area contributed by atoms with Crippen molar-refractivity contribution < 1.29 is 27.9 Å². The monoisotopic (exact) mass is 595 g/mol. The zero-order valence-electron chi connectivity index (χ0n) is 23.6. The van der Waals surface area contributed by atoms with Gasteiger partial charge in [0.05, 0.1) is 18.3 Å². The topological polar surface area (TPSA) is 165 Å². The molecule has 6 atom stereocenters. The minimum absolute atomic E-state index is 0.111. The van der Waals surface area contributed by atoms with Crippen LogP contribution in [0.4, 0.5) is 11.8 Å². The number of terminal acetylenes is 1. The van der Waals surface area contributed by atoms with Crippen LogP contribution in [0, 0.1) is 18.3 Å². The SMILES string of the molecule is C#C[C@H]1CC2(C[C@H]2O[P@@](=O)(N[C@@H](C)C(=O)OC(C)C)Oc2ccccc2)OC1n1cnc2c(NC3CC3)nc(N)nc21. The maximum atomic E-state index is 14.1. The third-order valence-electron chi connectivity index (χ3n) is 7.36. The highest BCUT2D eigenvalue weighted by Crippen LogP contribution is 2.61. The average Bonchev–Trinajstić information content (AvgIpc) is 3.77. The van der Waals surface area contributed by atoms with E-state index in [2.05, 4.69) is 31.3 Å². The Hall–Kier alpha value is -3.69. The fourth-order valence-corrected chi connectivity index (χ4v) is 6.83. The molecule has 3 fully saturated rings. The number of nitrogens with zero attached hydrogens (tertiary/aromatic N) is 4. The Balaban J connectivity index is 1.22. The molecule has 3 aliphatic rings. The van der Waals surface area contributed by atoms with Gasteiger partial charge in [0.15, 0.2) is 23.2 Å². The third kappa shape index (κ3) is 5.80. The highest BCUT2D eigenvalue weighted by molar-refractivity contribution is 7.52. The van der Waals surface area contributed by atoms with Crippen LogP contribution in [0.25, 0.3) is 11.2 Å². The van der Waals surface area contributed by atoms with Crippen LogP contribution in [0.5, 0.6) is 5.75 Å². The maximum absolute atomic E-state index is 14.1. The van der Waals surface area contributed by atoms with Gasteiger partial charge in [-0.15, -0.1) is 6.42 Å². The number of imidazole rings is 1. The van der Waals surface area contributed by atoms with Gasteiger partial charge in [-0.05, 0) is 52.2 Å². The summed E-state index contributed by atoms with van der Waals surface area (Å²) in [5.74, 6) is 2.90. The average molecular weight is 596 g/mol. The molecule has 42 heavy (non-hydrogen) atoms. The number of rotatable bonds is 11. The Bertz CT molecular complexity index is 1570. The van der Waals surface area contributed by atoms with E-state index in [1.54, 1.807) is 55.1 Å². The summed E-state index contributed by atoms with van der Waals surface area (Å²) in [6.07, 6.45) is 9.00. The van der Waals surface area contributed by atoms with Gasteiger partial charge in [0, 0.05) is 12.5 Å². The molecule has 14 heteroatoms. The van der Waals surface area contributed by atoms with E-state index in [4.69, 9.17) is 30.7 Å². The largest absolute Gasteiger partial charge is 0.462 e. The molecule has 2 unspecified atom stereocenters. The number of hydrogen-bond donors (Lipinski definition) is 3. The summed E-state index contributed by atoms with van der Waals surface area (Å²) in [6.45, 7) is 5.01. The quantitative estimate of drug-likeness (QED) is 0.167. The zero-order valence-corrected chi connectivity index (χ0v) is 24.5. The van der Waals surface area contributed by atoms with Crippen LogP contribution in [0.3, 0.4) is 0 Å². The molecule has 1 saturated heterocycles. The number of para-hydroxylation sites is 1. The van der Waals surface area contributed by atoms with Crippen LogP contribution in [-0.4, -0.2) is 55.4 Å². The first-order valence-corrected chi connectivity index (χ1v) is 15.5. The molecular weight excluding hydrogens is 561 g/mol. The van der Waals surface area contributed by atoms with Crippen molar-refractivity contribution in [1.29, 1.82) is 0 Å². The second-order valence-corrected chi connectivity index (χ2v) is 12.9. The van der Waals surface area contributed by atoms with Gasteiger partial charge in [-0.1, -0.05) is 24.1 Å². The van der Waals surface area contributed by atoms with E-state index in [1.807, 2.05) is 0 Å². The standard InChI is InChI=1S/C28H34N7O6P/c1-5-18-13-28(39-25(18)35-15-30-22-23(31-19-11-12-19)32-27(29)33-24(22)35)14-21(28)41-42(37,40-20-9-7-6-8-10-20)34-17(4)26(36)38-16(2)3/h1,6-10,15-19,21,25H,11-14H2,2-4H3,(H,34,37)(H3,29,31,32,33)/t17-,18-,21+,25?,28?,42+/m0/s1. The number of esters is 1. The molecule has 3 heterocycles. The third-order valence-corrected chi connectivity index (χ3v) is 9.05. The predicted octanol–water partition coefficient (Wildman–Crippen LogP) is 3.80. The molecule has 3 aromatic rings. The van der Waals surface area contributed by atoms with Crippen molar-refractivity contribution >= 4 is 36.6 Å². The van der Waals surface area contributed by atoms with E-state index in [0.717, 1.165) is 12.8 Å². The van der Waals surface area contributed by atoms with Crippen molar-refractivity contribution in [3.8, 4) is 18.1 Å². The fourth-order valence-electron chi connectivity index (χ4n) is 5.09. The van der Waals surface area contributed by atoms with Crippen molar-refractivity contribution in [2.24, 2.45) is 5.92 Å². The van der Waals surface area contributed by atoms with E-state index in [0.29, 0.717) is 41.6 Å². The lowest BCUT2D eigenvalue weighted by Crippen LogP contribution is -2.36. The van der Waals surface area contributed by atoms with E-state index < -0.39 is 37.7 Å². The van der Waals surface area contributed by atoms with E-state index in [1.165, 1.54) is 6.92 Å². The van der Waals surface area contributed by atoms with E-state index in [9.17, 15) is 9.36 Å². The number of benzene rings is 1. The molecule has 2 saturated carbocycles. The number of ether oxygens (including phenoxy) is 2. The van der Waals surface area contributed by atoms with Gasteiger partial charge in [-0.2, -0.15) is 15.1 Å². The van der Waals surface area contributed by atoms with Gasteiger partial charge < -0.3 is 25.0 Å². The number of carbonyl (C=O) groups excluding carboxylic acids is 1. The van der Waals surface area contributed by atoms with Crippen molar-refractivity contribution in [2.75, 3.05) is 11.1 Å². The number of carbonyl (C=O) groups is 1. The van der Waals surface area contributed by atoms with Crippen molar-refractivity contribution in [1.82, 2.24) is 24.6 Å². The Morgan fingerprint density at radius 3 is 2.69 bits per heavy atom. The fraction of sp³-hybridized carbons (Fsp3) is 0.500. The molecule has 0 amide bonds. The lowest BCUT2D eigenvalue weighted by Gasteiger charge is -2.24. The number of anilines is 2. The second-order valence-electron chi connectivity index (χ2n) is 11.3. The van der Waals surface area contributed by atoms with Crippen molar-refractivity contribution in [2.45, 2.75) is 82.6 Å². The van der Waals surface area contributed by atoms with Crippen LogP contribution < -0.4 is 20.7 Å². The molecule has 4 N–H and O–H groups in total. The summed E-state index contributed by atoms with van der Waals surface area (Å²) < 4.78 is 39.6. The minimum Gasteiger partial charge on any atom is -0.462 e. The van der Waals surface area contributed by atoms with E-state index >= 15 is 0 Å². The molecule has 2 aromatic heterocycles. The summed E-state index contributed by atoms with van der Waals surface area (Å²) in [5.41, 5.74) is 6.30. The molecular formula is C28H34N7O6P. The molecule has 0 radical (unpaired) electrons. The molecule has 0 bridgehead atoms. The highest BCUT2D eigenvalue weighted by Gasteiger charge is 2.66. The summed E-state index contributed by atoms with van der Waals surface area (Å²) in [5, 5.41) is 6.08. The number of fused-ring (bicyclic) bond motifs is 1. The Labute approximate surface area is 243 Å². The first-order valence-electron chi connectivity index (χ1n) is 14.0. The first kappa shape index (κ1) is 28.4. The number of aromatic nitrogens is 4. The summed E-state index contributed by atoms with van der Waals surface area (Å²) in [4.78, 5) is 25.8. The molecule has 1 aliphatic heterocycles. The van der Waals surface area contributed by atoms with Crippen LogP contribution in [0.15, 0.2) is 36.7 Å². The zero-order chi connectivity index (χ0) is 29.6. The number of nitrogens with two attached hydrogens (primary N) is 1. The van der Waals surface area contributed by atoms with Crippen LogP contribution >= 0.6 is 7.75 Å². The maximum Gasteiger partial charge on any atom is 0.459 e. The summed E-state index contributed by atoms with van der Waals surface area (Å²) >= 11 is 0. The Kier molecular flexibility index (Phi) is 7.35. The smallest absolute Gasteiger partial charge is 0.459 e. The van der Waals surface area contributed by atoms with Crippen LogP contribution in [0.1, 0.15) is 52.7 Å². The number of nitrogens with one attached hydrogen (secondary N) is 2. The summed E-state index contributed by atoms with van der Waals surface area (Å²) in [6, 6.07) is 7.98. The van der Waals surface area contributed by atoms with Gasteiger partial charge in [0.2, 0.25) is 5.95 Å². The van der Waals surface area contributed by atoms with Gasteiger partial charge in [0.25, 0.3) is 0 Å². The van der Waals surface area contributed by atoms with Gasteiger partial charge in [-0.3, -0.25) is 13.9 Å². The lowest BCUT2D eigenvalue weighted by molar-refractivity contribution is -0.149. The molecule has 1 aromatic carbocycles. The normalized spacial score (nSPS) is 27.0. The van der Waals surface area contributed by atoms with Crippen LogP contribution in [-0.2, 0) is 23.4 Å². The van der Waals surface area contributed by atoms with Crippen molar-refractivity contribution in [3.05, 3.63) is 36.7 Å². The van der Waals surface area contributed by atoms with Gasteiger partial charge in [-0.25, -0.2) is 9.55 Å². The molecule has 222 valence electrons. The second kappa shape index (κ2) is 10.9. The highest BCUT2D eigenvalue weighted by atomic mass is 31.2. The Morgan fingerprint density at radius 2 is 2.00 bits per heavy atom. The molecule has 1 spiro atoms. The minimum atomic E-state index is -4.08.